The molecule has 0 radical (unpaired) electrons. The standard InChI is InChI=1S/C15H25N3O2S/c1-12-6-4-8-17-15(12)14(16-2)10-13-7-5-9-18(11-13)21(3,19)20/h4,6,8,13-14,16H,5,7,9-11H2,1-3H3. The number of pyridine rings is 1. The molecule has 1 N–H and O–H groups in total. The lowest BCUT2D eigenvalue weighted by Crippen LogP contribution is -2.40. The van der Waals surface area contributed by atoms with Crippen molar-refractivity contribution in [2.45, 2.75) is 32.2 Å². The van der Waals surface area contributed by atoms with Gasteiger partial charge in [0.1, 0.15) is 0 Å². The highest BCUT2D eigenvalue weighted by Gasteiger charge is 2.28. The van der Waals surface area contributed by atoms with Crippen LogP contribution in [0.3, 0.4) is 0 Å². The molecule has 2 atom stereocenters. The maximum Gasteiger partial charge on any atom is 0.211 e. The van der Waals surface area contributed by atoms with Crippen molar-refractivity contribution in [1.29, 1.82) is 0 Å². The Balaban J connectivity index is 2.07. The minimum atomic E-state index is -3.08. The fourth-order valence-electron chi connectivity index (χ4n) is 3.08. The fraction of sp³-hybridized carbons (Fsp3) is 0.667. The van der Waals surface area contributed by atoms with Gasteiger partial charge in [0.05, 0.1) is 11.9 Å². The monoisotopic (exact) mass is 311 g/mol. The van der Waals surface area contributed by atoms with E-state index in [2.05, 4.69) is 23.3 Å². The van der Waals surface area contributed by atoms with Crippen molar-refractivity contribution in [2.24, 2.45) is 5.92 Å². The zero-order valence-corrected chi connectivity index (χ0v) is 13.9. The number of rotatable bonds is 5. The van der Waals surface area contributed by atoms with Crippen LogP contribution in [0.5, 0.6) is 0 Å². The molecule has 2 rings (SSSR count). The van der Waals surface area contributed by atoms with Gasteiger partial charge in [0.2, 0.25) is 10.0 Å². The Morgan fingerprint density at radius 3 is 2.90 bits per heavy atom. The Morgan fingerprint density at radius 1 is 1.52 bits per heavy atom. The van der Waals surface area contributed by atoms with Crippen LogP contribution in [0.25, 0.3) is 0 Å². The van der Waals surface area contributed by atoms with Crippen LogP contribution in [0.15, 0.2) is 18.3 Å². The van der Waals surface area contributed by atoms with E-state index in [-0.39, 0.29) is 6.04 Å². The van der Waals surface area contributed by atoms with Crippen molar-refractivity contribution < 1.29 is 8.42 Å². The Hall–Kier alpha value is -0.980. The van der Waals surface area contributed by atoms with E-state index in [4.69, 9.17) is 0 Å². The third-order valence-electron chi connectivity index (χ3n) is 4.25. The molecule has 0 amide bonds. The SMILES string of the molecule is CNC(CC1CCCN(S(C)(=O)=O)C1)c1ncccc1C. The topological polar surface area (TPSA) is 62.3 Å². The average molecular weight is 311 g/mol. The first-order valence-corrected chi connectivity index (χ1v) is 9.30. The lowest BCUT2D eigenvalue weighted by molar-refractivity contribution is 0.239. The summed E-state index contributed by atoms with van der Waals surface area (Å²) in [5.74, 6) is 0.382. The summed E-state index contributed by atoms with van der Waals surface area (Å²) in [7, 11) is -1.14. The maximum atomic E-state index is 11.7. The third kappa shape index (κ3) is 4.25. The summed E-state index contributed by atoms with van der Waals surface area (Å²) in [6, 6.07) is 4.18. The molecular formula is C15H25N3O2S. The van der Waals surface area contributed by atoms with Crippen LogP contribution in [0, 0.1) is 12.8 Å². The van der Waals surface area contributed by atoms with Gasteiger partial charge in [-0.05, 0) is 50.8 Å². The van der Waals surface area contributed by atoms with Gasteiger partial charge in [-0.15, -0.1) is 0 Å². The molecule has 2 unspecified atom stereocenters. The quantitative estimate of drug-likeness (QED) is 0.899. The van der Waals surface area contributed by atoms with E-state index in [9.17, 15) is 8.42 Å². The molecule has 118 valence electrons. The summed E-state index contributed by atoms with van der Waals surface area (Å²) < 4.78 is 25.0. The van der Waals surface area contributed by atoms with E-state index in [1.54, 1.807) is 4.31 Å². The minimum Gasteiger partial charge on any atom is -0.312 e. The van der Waals surface area contributed by atoms with Crippen molar-refractivity contribution in [3.05, 3.63) is 29.6 Å². The van der Waals surface area contributed by atoms with Gasteiger partial charge in [0.25, 0.3) is 0 Å². The van der Waals surface area contributed by atoms with Crippen molar-refractivity contribution in [3.63, 3.8) is 0 Å². The summed E-state index contributed by atoms with van der Waals surface area (Å²) >= 11 is 0. The number of hydrogen-bond donors (Lipinski definition) is 1. The Bertz CT molecular complexity index is 574. The normalized spacial score (nSPS) is 22.1. The first kappa shape index (κ1) is 16.4. The molecule has 1 saturated heterocycles. The number of aryl methyl sites for hydroxylation is 1. The molecule has 0 aromatic carbocycles. The molecule has 1 aliphatic heterocycles. The smallest absolute Gasteiger partial charge is 0.211 e. The first-order chi connectivity index (χ1) is 9.91. The van der Waals surface area contributed by atoms with Gasteiger partial charge < -0.3 is 5.32 Å². The number of aromatic nitrogens is 1. The molecule has 1 aliphatic rings. The molecule has 1 fully saturated rings. The molecule has 2 heterocycles. The zero-order chi connectivity index (χ0) is 15.5. The van der Waals surface area contributed by atoms with E-state index < -0.39 is 10.0 Å². The fourth-order valence-corrected chi connectivity index (χ4v) is 4.03. The van der Waals surface area contributed by atoms with Crippen molar-refractivity contribution >= 4 is 10.0 Å². The first-order valence-electron chi connectivity index (χ1n) is 7.45. The number of nitrogens with zero attached hydrogens (tertiary/aromatic N) is 2. The molecule has 0 bridgehead atoms. The Morgan fingerprint density at radius 2 is 2.29 bits per heavy atom. The van der Waals surface area contributed by atoms with Gasteiger partial charge in [-0.3, -0.25) is 4.98 Å². The number of piperidine rings is 1. The summed E-state index contributed by atoms with van der Waals surface area (Å²) in [5.41, 5.74) is 2.24. The van der Waals surface area contributed by atoms with E-state index in [1.807, 2.05) is 19.3 Å². The predicted octanol–water partition coefficient (Wildman–Crippen LogP) is 1.71. The van der Waals surface area contributed by atoms with Gasteiger partial charge in [-0.1, -0.05) is 6.07 Å². The van der Waals surface area contributed by atoms with Crippen LogP contribution >= 0.6 is 0 Å². The summed E-state index contributed by atoms with van der Waals surface area (Å²) in [5, 5.41) is 3.33. The highest BCUT2D eigenvalue weighted by Crippen LogP contribution is 2.28. The minimum absolute atomic E-state index is 0.177. The molecule has 0 saturated carbocycles. The highest BCUT2D eigenvalue weighted by atomic mass is 32.2. The zero-order valence-electron chi connectivity index (χ0n) is 13.0. The van der Waals surface area contributed by atoms with Crippen LogP contribution in [0.4, 0.5) is 0 Å². The molecule has 6 heteroatoms. The Labute approximate surface area is 127 Å². The van der Waals surface area contributed by atoms with E-state index in [0.29, 0.717) is 19.0 Å². The van der Waals surface area contributed by atoms with Crippen LogP contribution in [-0.4, -0.2) is 44.1 Å². The second-order valence-corrected chi connectivity index (χ2v) is 7.89. The largest absolute Gasteiger partial charge is 0.312 e. The molecule has 1 aromatic rings. The lowest BCUT2D eigenvalue weighted by Gasteiger charge is -2.33. The molecule has 21 heavy (non-hydrogen) atoms. The lowest BCUT2D eigenvalue weighted by atomic mass is 9.90. The van der Waals surface area contributed by atoms with Crippen LogP contribution < -0.4 is 5.32 Å². The van der Waals surface area contributed by atoms with E-state index in [0.717, 1.165) is 25.0 Å². The van der Waals surface area contributed by atoms with E-state index >= 15 is 0 Å². The van der Waals surface area contributed by atoms with Crippen molar-refractivity contribution in [1.82, 2.24) is 14.6 Å². The molecular weight excluding hydrogens is 286 g/mol. The third-order valence-corrected chi connectivity index (χ3v) is 5.52. The van der Waals surface area contributed by atoms with Crippen LogP contribution in [0.2, 0.25) is 0 Å². The molecule has 0 spiro atoms. The second kappa shape index (κ2) is 6.85. The maximum absolute atomic E-state index is 11.7. The highest BCUT2D eigenvalue weighted by molar-refractivity contribution is 7.88. The summed E-state index contributed by atoms with van der Waals surface area (Å²) in [6.45, 7) is 3.35. The van der Waals surface area contributed by atoms with E-state index in [1.165, 1.54) is 11.8 Å². The van der Waals surface area contributed by atoms with Crippen LogP contribution in [-0.2, 0) is 10.0 Å². The van der Waals surface area contributed by atoms with Gasteiger partial charge >= 0.3 is 0 Å². The van der Waals surface area contributed by atoms with Gasteiger partial charge in [0.15, 0.2) is 0 Å². The molecule has 0 aliphatic carbocycles. The summed E-state index contributed by atoms with van der Waals surface area (Å²) in [4.78, 5) is 4.49. The summed E-state index contributed by atoms with van der Waals surface area (Å²) in [6.07, 6.45) is 6.05. The predicted molar refractivity (Wildman–Crippen MR) is 84.5 cm³/mol. The molecule has 1 aromatic heterocycles. The van der Waals surface area contributed by atoms with Gasteiger partial charge in [0, 0.05) is 25.3 Å². The number of sulfonamides is 1. The van der Waals surface area contributed by atoms with Crippen LogP contribution in [0.1, 0.15) is 36.6 Å². The Kier molecular flexibility index (Phi) is 5.35. The molecule has 5 nitrogen and oxygen atoms in total. The average Bonchev–Trinajstić information content (AvgIpc) is 2.45. The van der Waals surface area contributed by atoms with Crippen molar-refractivity contribution in [3.8, 4) is 0 Å². The second-order valence-electron chi connectivity index (χ2n) is 5.91. The van der Waals surface area contributed by atoms with Crippen molar-refractivity contribution in [2.75, 3.05) is 26.4 Å². The van der Waals surface area contributed by atoms with Gasteiger partial charge in [-0.25, -0.2) is 12.7 Å². The number of hydrogen-bond acceptors (Lipinski definition) is 4. The van der Waals surface area contributed by atoms with Gasteiger partial charge in [-0.2, -0.15) is 0 Å². The number of nitrogens with one attached hydrogen (secondary N) is 1.